The van der Waals surface area contributed by atoms with E-state index in [2.05, 4.69) is 57.7 Å². The standard InChI is InChI=1S/C21H32O3.CH4/c1-5-7-12-22-13-14-23-15-16-24-17-19(4)21-10-8-20(9-11-21)18(3)6-2;/h6,8-11H,4-5,7,12-17H2,1-3H3;1H4/b18-6+;. The summed E-state index contributed by atoms with van der Waals surface area (Å²) < 4.78 is 16.5. The van der Waals surface area contributed by atoms with Crippen LogP contribution in [-0.2, 0) is 14.2 Å². The van der Waals surface area contributed by atoms with Gasteiger partial charge < -0.3 is 14.2 Å². The smallest absolute Gasteiger partial charge is 0.0718 e. The molecule has 0 aliphatic rings. The van der Waals surface area contributed by atoms with Crippen LogP contribution in [0.3, 0.4) is 0 Å². The third-order valence-corrected chi connectivity index (χ3v) is 3.84. The highest BCUT2D eigenvalue weighted by atomic mass is 16.5. The highest BCUT2D eigenvalue weighted by molar-refractivity contribution is 5.69. The average Bonchev–Trinajstić information content (AvgIpc) is 2.62. The molecule has 3 nitrogen and oxygen atoms in total. The Kier molecular flexibility index (Phi) is 14.0. The van der Waals surface area contributed by atoms with Gasteiger partial charge in [-0.2, -0.15) is 0 Å². The van der Waals surface area contributed by atoms with Crippen molar-refractivity contribution in [2.24, 2.45) is 0 Å². The molecule has 0 spiro atoms. The van der Waals surface area contributed by atoms with Crippen LogP contribution in [0.5, 0.6) is 0 Å². The van der Waals surface area contributed by atoms with Crippen molar-refractivity contribution >= 4 is 11.1 Å². The van der Waals surface area contributed by atoms with Crippen molar-refractivity contribution in [3.63, 3.8) is 0 Å². The van der Waals surface area contributed by atoms with Crippen molar-refractivity contribution in [1.29, 1.82) is 0 Å². The van der Waals surface area contributed by atoms with Gasteiger partial charge in [0.2, 0.25) is 0 Å². The van der Waals surface area contributed by atoms with Crippen LogP contribution in [0.15, 0.2) is 36.9 Å². The lowest BCUT2D eigenvalue weighted by atomic mass is 10.0. The molecule has 0 aromatic heterocycles. The predicted octanol–water partition coefficient (Wildman–Crippen LogP) is 5.61. The molecule has 0 saturated heterocycles. The van der Waals surface area contributed by atoms with Gasteiger partial charge in [0.05, 0.1) is 33.0 Å². The summed E-state index contributed by atoms with van der Waals surface area (Å²) in [7, 11) is 0. The molecule has 25 heavy (non-hydrogen) atoms. The summed E-state index contributed by atoms with van der Waals surface area (Å²) in [4.78, 5) is 0. The van der Waals surface area contributed by atoms with E-state index in [4.69, 9.17) is 14.2 Å². The summed E-state index contributed by atoms with van der Waals surface area (Å²) in [5.41, 5.74) is 4.62. The molecule has 1 aromatic carbocycles. The lowest BCUT2D eigenvalue weighted by molar-refractivity contribution is 0.0198. The summed E-state index contributed by atoms with van der Waals surface area (Å²) in [6.07, 6.45) is 4.39. The Morgan fingerprint density at radius 2 is 1.44 bits per heavy atom. The maximum absolute atomic E-state index is 5.62. The van der Waals surface area contributed by atoms with Crippen molar-refractivity contribution in [2.75, 3.05) is 39.6 Å². The second kappa shape index (κ2) is 14.9. The Labute approximate surface area is 154 Å². The van der Waals surface area contributed by atoms with Crippen LogP contribution >= 0.6 is 0 Å². The number of unbranched alkanes of at least 4 members (excludes halogenated alkanes) is 1. The van der Waals surface area contributed by atoms with Crippen molar-refractivity contribution in [1.82, 2.24) is 0 Å². The number of benzene rings is 1. The molecule has 0 aliphatic heterocycles. The molecule has 0 heterocycles. The summed E-state index contributed by atoms with van der Waals surface area (Å²) in [5.74, 6) is 0. The van der Waals surface area contributed by atoms with Gasteiger partial charge in [-0.1, -0.05) is 57.7 Å². The summed E-state index contributed by atoms with van der Waals surface area (Å²) >= 11 is 0. The van der Waals surface area contributed by atoms with Gasteiger partial charge in [-0.25, -0.2) is 0 Å². The predicted molar refractivity (Wildman–Crippen MR) is 109 cm³/mol. The van der Waals surface area contributed by atoms with Crippen molar-refractivity contribution < 1.29 is 14.2 Å². The number of ether oxygens (including phenoxy) is 3. The van der Waals surface area contributed by atoms with E-state index in [1.165, 1.54) is 11.1 Å². The van der Waals surface area contributed by atoms with E-state index in [9.17, 15) is 0 Å². The molecule has 142 valence electrons. The molecule has 0 N–H and O–H groups in total. The molecule has 0 saturated carbocycles. The van der Waals surface area contributed by atoms with Gasteiger partial charge in [-0.05, 0) is 42.5 Å². The fourth-order valence-electron chi connectivity index (χ4n) is 2.10. The number of rotatable bonds is 13. The quantitative estimate of drug-likeness (QED) is 0.434. The first-order valence-electron chi connectivity index (χ1n) is 8.83. The molecule has 0 radical (unpaired) electrons. The first-order chi connectivity index (χ1) is 11.7. The lowest BCUT2D eigenvalue weighted by Crippen LogP contribution is -2.10. The van der Waals surface area contributed by atoms with Gasteiger partial charge in [0.25, 0.3) is 0 Å². The van der Waals surface area contributed by atoms with E-state index in [1.807, 2.05) is 0 Å². The molecule has 1 rings (SSSR count). The Hall–Kier alpha value is -1.42. The van der Waals surface area contributed by atoms with Gasteiger partial charge in [0, 0.05) is 6.61 Å². The lowest BCUT2D eigenvalue weighted by Gasteiger charge is -2.09. The second-order valence-electron chi connectivity index (χ2n) is 5.78. The number of hydrogen-bond donors (Lipinski definition) is 0. The maximum atomic E-state index is 5.62. The summed E-state index contributed by atoms with van der Waals surface area (Å²) in [6.45, 7) is 14.2. The van der Waals surface area contributed by atoms with Gasteiger partial charge in [0.1, 0.15) is 0 Å². The van der Waals surface area contributed by atoms with Crippen molar-refractivity contribution in [2.45, 2.75) is 41.0 Å². The van der Waals surface area contributed by atoms with Crippen LogP contribution in [-0.4, -0.2) is 39.6 Å². The zero-order chi connectivity index (χ0) is 17.6. The zero-order valence-electron chi connectivity index (χ0n) is 15.5. The van der Waals surface area contributed by atoms with Crippen molar-refractivity contribution in [3.8, 4) is 0 Å². The Bertz CT molecular complexity index is 488. The second-order valence-corrected chi connectivity index (χ2v) is 5.78. The highest BCUT2D eigenvalue weighted by Gasteiger charge is 2.01. The van der Waals surface area contributed by atoms with Crippen LogP contribution < -0.4 is 0 Å². The minimum Gasteiger partial charge on any atom is -0.379 e. The van der Waals surface area contributed by atoms with Crippen LogP contribution in [0.4, 0.5) is 0 Å². The highest BCUT2D eigenvalue weighted by Crippen LogP contribution is 2.18. The van der Waals surface area contributed by atoms with E-state index < -0.39 is 0 Å². The fourth-order valence-corrected chi connectivity index (χ4v) is 2.10. The first-order valence-corrected chi connectivity index (χ1v) is 8.83. The largest absolute Gasteiger partial charge is 0.379 e. The van der Waals surface area contributed by atoms with E-state index in [1.54, 1.807) is 0 Å². The molecule has 1 aromatic rings. The normalized spacial score (nSPS) is 11.2. The maximum Gasteiger partial charge on any atom is 0.0718 e. The Morgan fingerprint density at radius 1 is 0.920 bits per heavy atom. The van der Waals surface area contributed by atoms with E-state index in [0.29, 0.717) is 33.0 Å². The van der Waals surface area contributed by atoms with Gasteiger partial charge in [-0.3, -0.25) is 0 Å². The van der Waals surface area contributed by atoms with Crippen LogP contribution in [0.1, 0.15) is 52.2 Å². The summed E-state index contributed by atoms with van der Waals surface area (Å²) in [5, 5.41) is 0. The molecule has 3 heteroatoms. The molecule has 0 bridgehead atoms. The molecule has 0 atom stereocenters. The van der Waals surface area contributed by atoms with Gasteiger partial charge in [0.15, 0.2) is 0 Å². The average molecular weight is 349 g/mol. The number of hydrogen-bond acceptors (Lipinski definition) is 3. The minimum atomic E-state index is 0. The molecular weight excluding hydrogens is 312 g/mol. The van der Waals surface area contributed by atoms with E-state index in [-0.39, 0.29) is 7.43 Å². The SMILES string of the molecule is C.C=C(COCCOCCOCCCC)c1ccc(/C(C)=C/C)cc1. The molecular formula is C22H36O3. The molecule has 0 amide bonds. The van der Waals surface area contributed by atoms with Crippen LogP contribution in [0.2, 0.25) is 0 Å². The topological polar surface area (TPSA) is 27.7 Å². The van der Waals surface area contributed by atoms with E-state index in [0.717, 1.165) is 30.6 Å². The summed E-state index contributed by atoms with van der Waals surface area (Å²) in [6, 6.07) is 8.44. The molecule has 0 unspecified atom stereocenters. The Balaban J connectivity index is 0.00000576. The van der Waals surface area contributed by atoms with Crippen LogP contribution in [0, 0.1) is 0 Å². The monoisotopic (exact) mass is 348 g/mol. The zero-order valence-corrected chi connectivity index (χ0v) is 15.5. The Morgan fingerprint density at radius 3 is 2.00 bits per heavy atom. The number of allylic oxidation sites excluding steroid dienone is 2. The molecule has 0 aliphatic carbocycles. The third kappa shape index (κ3) is 10.2. The van der Waals surface area contributed by atoms with Crippen molar-refractivity contribution in [3.05, 3.63) is 48.0 Å². The minimum absolute atomic E-state index is 0. The van der Waals surface area contributed by atoms with Gasteiger partial charge >= 0.3 is 0 Å². The first kappa shape index (κ1) is 23.6. The van der Waals surface area contributed by atoms with Gasteiger partial charge in [-0.15, -0.1) is 0 Å². The van der Waals surface area contributed by atoms with E-state index >= 15 is 0 Å². The van der Waals surface area contributed by atoms with Crippen LogP contribution in [0.25, 0.3) is 11.1 Å². The molecule has 0 fully saturated rings. The fraction of sp³-hybridized carbons (Fsp3) is 0.545. The third-order valence-electron chi connectivity index (χ3n) is 3.84.